The summed E-state index contributed by atoms with van der Waals surface area (Å²) in [6, 6.07) is 17.7. The molecule has 0 aliphatic carbocycles. The van der Waals surface area contributed by atoms with Crippen LogP contribution in [0.25, 0.3) is 0 Å². The number of amides is 1. The molecule has 0 unspecified atom stereocenters. The fourth-order valence-corrected chi connectivity index (χ4v) is 4.63. The molecule has 0 spiro atoms. The van der Waals surface area contributed by atoms with Crippen molar-refractivity contribution in [3.8, 4) is 0 Å². The average molecular weight is 454 g/mol. The van der Waals surface area contributed by atoms with Gasteiger partial charge in [0.15, 0.2) is 0 Å². The number of hydrogen-bond acceptors (Lipinski definition) is 4. The molecule has 1 N–H and O–H groups in total. The third kappa shape index (κ3) is 5.39. The SMILES string of the molecule is Cc1ccc(S(=O)(=O)N(CC(=O)N/N=C\c2ccccc2F)c2ccc(C)cc2C)cc1. The molecule has 0 bridgehead atoms. The largest absolute Gasteiger partial charge is 0.271 e. The molecule has 1 amide bonds. The van der Waals surface area contributed by atoms with Crippen molar-refractivity contribution in [1.82, 2.24) is 5.43 Å². The lowest BCUT2D eigenvalue weighted by Gasteiger charge is -2.25. The second-order valence-electron chi connectivity index (χ2n) is 7.43. The van der Waals surface area contributed by atoms with E-state index in [0.717, 1.165) is 15.4 Å². The zero-order chi connectivity index (χ0) is 23.3. The van der Waals surface area contributed by atoms with Gasteiger partial charge >= 0.3 is 0 Å². The van der Waals surface area contributed by atoms with Gasteiger partial charge in [0.25, 0.3) is 15.9 Å². The van der Waals surface area contributed by atoms with Crippen molar-refractivity contribution in [2.24, 2.45) is 5.10 Å². The quantitative estimate of drug-likeness (QED) is 0.432. The van der Waals surface area contributed by atoms with Crippen LogP contribution in [-0.2, 0) is 14.8 Å². The van der Waals surface area contributed by atoms with Gasteiger partial charge in [-0.3, -0.25) is 9.10 Å². The third-order valence-electron chi connectivity index (χ3n) is 4.82. The first-order valence-corrected chi connectivity index (χ1v) is 11.4. The Morgan fingerprint density at radius 2 is 1.66 bits per heavy atom. The minimum atomic E-state index is -4.02. The highest BCUT2D eigenvalue weighted by Gasteiger charge is 2.28. The first-order chi connectivity index (χ1) is 15.2. The van der Waals surface area contributed by atoms with Crippen molar-refractivity contribution >= 4 is 27.8 Å². The number of anilines is 1. The number of rotatable bonds is 7. The lowest BCUT2D eigenvalue weighted by molar-refractivity contribution is -0.119. The summed E-state index contributed by atoms with van der Waals surface area (Å²) in [5, 5.41) is 3.77. The fraction of sp³-hybridized carbons (Fsp3) is 0.167. The van der Waals surface area contributed by atoms with Gasteiger partial charge in [-0.05, 0) is 50.6 Å². The molecule has 0 heterocycles. The van der Waals surface area contributed by atoms with Crippen molar-refractivity contribution in [1.29, 1.82) is 0 Å². The molecule has 0 aromatic heterocycles. The number of nitrogens with one attached hydrogen (secondary N) is 1. The summed E-state index contributed by atoms with van der Waals surface area (Å²) < 4.78 is 41.6. The van der Waals surface area contributed by atoms with Crippen LogP contribution in [-0.4, -0.2) is 27.1 Å². The number of halogens is 1. The van der Waals surface area contributed by atoms with Crippen molar-refractivity contribution in [2.75, 3.05) is 10.8 Å². The molecular formula is C24H24FN3O3S. The number of carbonyl (C=O) groups excluding carboxylic acids is 1. The summed E-state index contributed by atoms with van der Waals surface area (Å²) in [4.78, 5) is 12.7. The van der Waals surface area contributed by atoms with Crippen molar-refractivity contribution in [3.05, 3.63) is 94.8 Å². The van der Waals surface area contributed by atoms with Crippen molar-refractivity contribution in [3.63, 3.8) is 0 Å². The topological polar surface area (TPSA) is 78.8 Å². The van der Waals surface area contributed by atoms with E-state index in [1.807, 2.05) is 19.9 Å². The maximum atomic E-state index is 13.7. The van der Waals surface area contributed by atoms with E-state index in [-0.39, 0.29) is 10.5 Å². The maximum absolute atomic E-state index is 13.7. The summed E-state index contributed by atoms with van der Waals surface area (Å²) in [6.07, 6.45) is 1.17. The van der Waals surface area contributed by atoms with E-state index >= 15 is 0 Å². The van der Waals surface area contributed by atoms with E-state index in [4.69, 9.17) is 0 Å². The Labute approximate surface area is 187 Å². The lowest BCUT2D eigenvalue weighted by Crippen LogP contribution is -2.40. The summed E-state index contributed by atoms with van der Waals surface area (Å²) >= 11 is 0. The Bertz CT molecular complexity index is 1260. The molecule has 0 saturated heterocycles. The molecule has 3 aromatic rings. The number of carbonyl (C=O) groups is 1. The zero-order valence-corrected chi connectivity index (χ0v) is 18.9. The number of hydrazone groups is 1. The summed E-state index contributed by atoms with van der Waals surface area (Å²) in [5.41, 5.74) is 5.47. The van der Waals surface area contributed by atoms with Gasteiger partial charge in [0.2, 0.25) is 0 Å². The number of benzene rings is 3. The Morgan fingerprint density at radius 1 is 1.00 bits per heavy atom. The van der Waals surface area contributed by atoms with E-state index < -0.39 is 28.3 Å². The van der Waals surface area contributed by atoms with Gasteiger partial charge in [-0.25, -0.2) is 18.2 Å². The molecular weight excluding hydrogens is 429 g/mol. The number of aryl methyl sites for hydroxylation is 3. The molecule has 8 heteroatoms. The van der Waals surface area contributed by atoms with E-state index in [9.17, 15) is 17.6 Å². The van der Waals surface area contributed by atoms with Gasteiger partial charge in [0, 0.05) is 5.56 Å². The van der Waals surface area contributed by atoms with E-state index in [1.54, 1.807) is 43.3 Å². The predicted molar refractivity (Wildman–Crippen MR) is 124 cm³/mol. The summed E-state index contributed by atoms with van der Waals surface area (Å²) in [5.74, 6) is -1.14. The predicted octanol–water partition coefficient (Wildman–Crippen LogP) is 4.10. The highest BCUT2D eigenvalue weighted by molar-refractivity contribution is 7.92. The molecule has 3 aromatic carbocycles. The Kier molecular flexibility index (Phi) is 7.05. The highest BCUT2D eigenvalue weighted by Crippen LogP contribution is 2.27. The monoisotopic (exact) mass is 453 g/mol. The van der Waals surface area contributed by atoms with Gasteiger partial charge in [0.05, 0.1) is 16.8 Å². The van der Waals surface area contributed by atoms with Gasteiger partial charge in [-0.15, -0.1) is 0 Å². The van der Waals surface area contributed by atoms with Gasteiger partial charge in [-0.2, -0.15) is 5.10 Å². The van der Waals surface area contributed by atoms with Crippen LogP contribution in [0.3, 0.4) is 0 Å². The van der Waals surface area contributed by atoms with Crippen LogP contribution in [0.2, 0.25) is 0 Å². The highest BCUT2D eigenvalue weighted by atomic mass is 32.2. The van der Waals surface area contributed by atoms with Crippen LogP contribution in [0, 0.1) is 26.6 Å². The standard InChI is InChI=1S/C24H24FN3O3S/c1-17-8-11-21(12-9-17)32(30,31)28(23-13-10-18(2)14-19(23)3)16-24(29)27-26-15-20-6-4-5-7-22(20)25/h4-15H,16H2,1-3H3,(H,27,29)/b26-15-. The third-order valence-corrected chi connectivity index (χ3v) is 6.59. The molecule has 32 heavy (non-hydrogen) atoms. The van der Waals surface area contributed by atoms with Crippen molar-refractivity contribution in [2.45, 2.75) is 25.7 Å². The number of hydrogen-bond donors (Lipinski definition) is 1. The van der Waals surface area contributed by atoms with E-state index in [0.29, 0.717) is 11.3 Å². The minimum Gasteiger partial charge on any atom is -0.271 e. The van der Waals surface area contributed by atoms with Gasteiger partial charge < -0.3 is 0 Å². The average Bonchev–Trinajstić information content (AvgIpc) is 2.74. The van der Waals surface area contributed by atoms with Crippen LogP contribution in [0.15, 0.2) is 76.7 Å². The van der Waals surface area contributed by atoms with E-state index in [1.165, 1.54) is 30.5 Å². The molecule has 0 saturated carbocycles. The van der Waals surface area contributed by atoms with Crippen LogP contribution in [0.5, 0.6) is 0 Å². The maximum Gasteiger partial charge on any atom is 0.264 e. The number of nitrogens with zero attached hydrogens (tertiary/aromatic N) is 2. The zero-order valence-electron chi connectivity index (χ0n) is 18.0. The molecule has 0 radical (unpaired) electrons. The van der Waals surface area contributed by atoms with Crippen LogP contribution >= 0.6 is 0 Å². The Morgan fingerprint density at radius 3 is 2.31 bits per heavy atom. The molecule has 6 nitrogen and oxygen atoms in total. The Balaban J connectivity index is 1.90. The molecule has 0 atom stereocenters. The summed E-state index contributed by atoms with van der Waals surface area (Å²) in [7, 11) is -4.02. The first-order valence-electron chi connectivity index (χ1n) is 9.91. The van der Waals surface area contributed by atoms with Gasteiger partial charge in [0.1, 0.15) is 12.4 Å². The van der Waals surface area contributed by atoms with Crippen molar-refractivity contribution < 1.29 is 17.6 Å². The van der Waals surface area contributed by atoms with E-state index in [2.05, 4.69) is 10.5 Å². The normalized spacial score (nSPS) is 11.5. The smallest absolute Gasteiger partial charge is 0.264 e. The van der Waals surface area contributed by atoms with Crippen LogP contribution in [0.4, 0.5) is 10.1 Å². The molecule has 0 aliphatic rings. The fourth-order valence-electron chi connectivity index (χ4n) is 3.14. The molecule has 3 rings (SSSR count). The second-order valence-corrected chi connectivity index (χ2v) is 9.29. The molecule has 166 valence electrons. The van der Waals surface area contributed by atoms with Gasteiger partial charge in [-0.1, -0.05) is 53.6 Å². The van der Waals surface area contributed by atoms with Crippen LogP contribution in [0.1, 0.15) is 22.3 Å². The molecule has 0 aliphatic heterocycles. The second kappa shape index (κ2) is 9.74. The first kappa shape index (κ1) is 23.1. The lowest BCUT2D eigenvalue weighted by atomic mass is 10.1. The Hall–Kier alpha value is -3.52. The number of sulfonamides is 1. The molecule has 0 fully saturated rings. The van der Waals surface area contributed by atoms with Crippen LogP contribution < -0.4 is 9.73 Å². The minimum absolute atomic E-state index is 0.0748. The summed E-state index contributed by atoms with van der Waals surface area (Å²) in [6.45, 7) is 5.06.